The summed E-state index contributed by atoms with van der Waals surface area (Å²) < 4.78 is 2.17. The normalized spacial score (nSPS) is 17.2. The van der Waals surface area contributed by atoms with Gasteiger partial charge in [0.25, 0.3) is 5.91 Å². The molecule has 9 nitrogen and oxygen atoms in total. The van der Waals surface area contributed by atoms with E-state index in [0.717, 1.165) is 61.4 Å². The van der Waals surface area contributed by atoms with Gasteiger partial charge < -0.3 is 19.7 Å². The highest BCUT2D eigenvalue weighted by Gasteiger charge is 2.27. The molecule has 1 aliphatic heterocycles. The van der Waals surface area contributed by atoms with Gasteiger partial charge in [-0.25, -0.2) is 9.97 Å². The van der Waals surface area contributed by atoms with Crippen molar-refractivity contribution in [1.29, 1.82) is 0 Å². The highest BCUT2D eigenvalue weighted by atomic mass is 16.2. The van der Waals surface area contributed by atoms with Crippen LogP contribution in [0.4, 0.5) is 17.5 Å². The summed E-state index contributed by atoms with van der Waals surface area (Å²) >= 11 is 0. The number of hydrogen-bond donors (Lipinski definition) is 1. The Morgan fingerprint density at radius 2 is 1.78 bits per heavy atom. The van der Waals surface area contributed by atoms with E-state index in [1.54, 1.807) is 0 Å². The molecule has 0 spiro atoms. The fourth-order valence-corrected chi connectivity index (χ4v) is 5.70. The number of fused-ring (bicyclic) bond motifs is 1. The second kappa shape index (κ2) is 11.0. The van der Waals surface area contributed by atoms with Crippen LogP contribution in [0.1, 0.15) is 69.9 Å². The van der Waals surface area contributed by atoms with Crippen LogP contribution in [0.5, 0.6) is 0 Å². The first-order valence-electron chi connectivity index (χ1n) is 13.9. The largest absolute Gasteiger partial charge is 0.368 e. The molecule has 3 aromatic heterocycles. The van der Waals surface area contributed by atoms with Crippen LogP contribution in [0.2, 0.25) is 0 Å². The Morgan fingerprint density at radius 3 is 2.41 bits per heavy atom. The molecular weight excluding hydrogens is 464 g/mol. The molecule has 0 radical (unpaired) electrons. The number of rotatable bonds is 8. The number of hydrogen-bond acceptors (Lipinski definition) is 7. The summed E-state index contributed by atoms with van der Waals surface area (Å²) in [6.07, 6.45) is 8.25. The van der Waals surface area contributed by atoms with Crippen molar-refractivity contribution in [3.8, 4) is 0 Å². The molecule has 5 rings (SSSR count). The van der Waals surface area contributed by atoms with E-state index < -0.39 is 0 Å². The number of carbonyl (C=O) groups is 1. The average Bonchev–Trinajstić information content (AvgIpc) is 3.57. The van der Waals surface area contributed by atoms with Gasteiger partial charge >= 0.3 is 0 Å². The summed E-state index contributed by atoms with van der Waals surface area (Å²) in [5, 5.41) is 4.18. The van der Waals surface area contributed by atoms with E-state index in [9.17, 15) is 4.79 Å². The topological polar surface area (TPSA) is 82.4 Å². The van der Waals surface area contributed by atoms with Crippen molar-refractivity contribution in [3.63, 3.8) is 0 Å². The molecule has 0 aromatic carbocycles. The Labute approximate surface area is 219 Å². The molecule has 1 saturated heterocycles. The van der Waals surface area contributed by atoms with Crippen LogP contribution in [0.3, 0.4) is 0 Å². The minimum atomic E-state index is 0.0656. The molecule has 4 heterocycles. The lowest BCUT2D eigenvalue weighted by molar-refractivity contribution is 0.0760. The SMILES string of the molecule is CCN(CC)C(=O)c1cc2cnc(Nc3ccc(N4CCN(C(C)C)CC4)cn3)nc2n1C1CCCC1. The highest BCUT2D eigenvalue weighted by Crippen LogP contribution is 2.35. The van der Waals surface area contributed by atoms with Gasteiger partial charge in [0.15, 0.2) is 0 Å². The number of pyridine rings is 1. The summed E-state index contributed by atoms with van der Waals surface area (Å²) in [7, 11) is 0. The predicted molar refractivity (Wildman–Crippen MR) is 149 cm³/mol. The third-order valence-corrected chi connectivity index (χ3v) is 7.93. The standard InChI is InChI=1S/C28H40N8O/c1-5-33(6-2)27(37)24-17-21-18-30-28(32-26(21)36(24)22-9-7-8-10-22)31-25-12-11-23(19-29-25)35-15-13-34(14-16-35)20(3)4/h11-12,17-20,22H,5-10,13-16H2,1-4H3,(H,29,30,31,32). The van der Waals surface area contributed by atoms with Crippen LogP contribution < -0.4 is 10.2 Å². The first kappa shape index (κ1) is 25.4. The van der Waals surface area contributed by atoms with Gasteiger partial charge in [-0.05, 0) is 58.7 Å². The van der Waals surface area contributed by atoms with Crippen molar-refractivity contribution >= 4 is 34.4 Å². The fraction of sp³-hybridized carbons (Fsp3) is 0.571. The van der Waals surface area contributed by atoms with Gasteiger partial charge in [0.1, 0.15) is 17.2 Å². The molecule has 1 aliphatic carbocycles. The number of nitrogens with one attached hydrogen (secondary N) is 1. The zero-order valence-electron chi connectivity index (χ0n) is 22.7. The van der Waals surface area contributed by atoms with Crippen molar-refractivity contribution < 1.29 is 4.79 Å². The number of nitrogens with zero attached hydrogens (tertiary/aromatic N) is 7. The van der Waals surface area contributed by atoms with Crippen LogP contribution in [0.15, 0.2) is 30.6 Å². The second-order valence-electron chi connectivity index (χ2n) is 10.4. The lowest BCUT2D eigenvalue weighted by atomic mass is 10.2. The maximum absolute atomic E-state index is 13.4. The van der Waals surface area contributed by atoms with Gasteiger partial charge in [-0.15, -0.1) is 0 Å². The van der Waals surface area contributed by atoms with E-state index >= 15 is 0 Å². The van der Waals surface area contributed by atoms with Crippen LogP contribution in [0, 0.1) is 0 Å². The monoisotopic (exact) mass is 504 g/mol. The van der Waals surface area contributed by atoms with Crippen molar-refractivity contribution in [2.24, 2.45) is 0 Å². The summed E-state index contributed by atoms with van der Waals surface area (Å²) in [6, 6.07) is 6.95. The predicted octanol–water partition coefficient (Wildman–Crippen LogP) is 4.70. The molecule has 1 saturated carbocycles. The molecule has 37 heavy (non-hydrogen) atoms. The smallest absolute Gasteiger partial charge is 0.270 e. The van der Waals surface area contributed by atoms with Crippen LogP contribution in [0.25, 0.3) is 11.0 Å². The van der Waals surface area contributed by atoms with Gasteiger partial charge in [-0.2, -0.15) is 4.98 Å². The van der Waals surface area contributed by atoms with Crippen LogP contribution in [-0.4, -0.2) is 80.5 Å². The van der Waals surface area contributed by atoms with E-state index in [4.69, 9.17) is 4.98 Å². The zero-order chi connectivity index (χ0) is 25.9. The molecular formula is C28H40N8O. The van der Waals surface area contributed by atoms with E-state index in [-0.39, 0.29) is 5.91 Å². The minimum Gasteiger partial charge on any atom is -0.368 e. The van der Waals surface area contributed by atoms with E-state index in [1.807, 2.05) is 43.3 Å². The molecule has 1 N–H and O–H groups in total. The average molecular weight is 505 g/mol. The molecule has 3 aromatic rings. The molecule has 0 bridgehead atoms. The Kier molecular flexibility index (Phi) is 7.60. The number of amides is 1. The first-order chi connectivity index (χ1) is 18.0. The molecule has 9 heteroatoms. The Balaban J connectivity index is 1.37. The Hall–Kier alpha value is -3.20. The fourth-order valence-electron chi connectivity index (χ4n) is 5.70. The maximum atomic E-state index is 13.4. The van der Waals surface area contributed by atoms with E-state index in [2.05, 4.69) is 49.6 Å². The van der Waals surface area contributed by atoms with Crippen molar-refractivity contribution in [2.45, 2.75) is 65.5 Å². The number of anilines is 3. The van der Waals surface area contributed by atoms with Gasteiger partial charge in [0, 0.05) is 62.9 Å². The first-order valence-corrected chi connectivity index (χ1v) is 13.9. The summed E-state index contributed by atoms with van der Waals surface area (Å²) in [4.78, 5) is 34.2. The summed E-state index contributed by atoms with van der Waals surface area (Å²) in [5.74, 6) is 1.27. The van der Waals surface area contributed by atoms with Crippen LogP contribution in [-0.2, 0) is 0 Å². The quantitative estimate of drug-likeness (QED) is 0.476. The third-order valence-electron chi connectivity index (χ3n) is 7.93. The van der Waals surface area contributed by atoms with Gasteiger partial charge in [0.05, 0.1) is 11.9 Å². The Morgan fingerprint density at radius 1 is 1.05 bits per heavy atom. The van der Waals surface area contributed by atoms with Crippen molar-refractivity contribution in [3.05, 3.63) is 36.3 Å². The maximum Gasteiger partial charge on any atom is 0.270 e. The number of carbonyl (C=O) groups excluding carboxylic acids is 1. The molecule has 0 unspecified atom stereocenters. The molecule has 1 amide bonds. The lowest BCUT2D eigenvalue weighted by Gasteiger charge is -2.38. The van der Waals surface area contributed by atoms with E-state index in [1.165, 1.54) is 12.8 Å². The van der Waals surface area contributed by atoms with E-state index in [0.29, 0.717) is 36.9 Å². The molecule has 2 fully saturated rings. The highest BCUT2D eigenvalue weighted by molar-refractivity contribution is 5.98. The Bertz CT molecular complexity index is 1200. The molecule has 198 valence electrons. The number of aromatic nitrogens is 4. The third kappa shape index (κ3) is 5.28. The van der Waals surface area contributed by atoms with Crippen molar-refractivity contribution in [2.75, 3.05) is 49.5 Å². The van der Waals surface area contributed by atoms with Crippen LogP contribution >= 0.6 is 0 Å². The summed E-state index contributed by atoms with van der Waals surface area (Å²) in [6.45, 7) is 14.1. The lowest BCUT2D eigenvalue weighted by Crippen LogP contribution is -2.48. The minimum absolute atomic E-state index is 0.0656. The zero-order valence-corrected chi connectivity index (χ0v) is 22.7. The van der Waals surface area contributed by atoms with Crippen molar-refractivity contribution in [1.82, 2.24) is 29.3 Å². The molecule has 2 aliphatic rings. The molecule has 0 atom stereocenters. The van der Waals surface area contributed by atoms with Gasteiger partial charge in [-0.1, -0.05) is 12.8 Å². The second-order valence-corrected chi connectivity index (χ2v) is 10.4. The number of piperazine rings is 1. The van der Waals surface area contributed by atoms with Gasteiger partial charge in [-0.3, -0.25) is 9.69 Å². The summed E-state index contributed by atoms with van der Waals surface area (Å²) in [5.41, 5.74) is 2.68. The van der Waals surface area contributed by atoms with Gasteiger partial charge in [0.2, 0.25) is 5.95 Å².